The number of ether oxygens (including phenoxy) is 2. The van der Waals surface area contributed by atoms with Gasteiger partial charge in [0.1, 0.15) is 11.9 Å². The maximum absolute atomic E-state index is 11.9. The quantitative estimate of drug-likeness (QED) is 0.512. The molecule has 2 N–H and O–H groups in total. The van der Waals surface area contributed by atoms with Crippen LogP contribution >= 0.6 is 0 Å². The van der Waals surface area contributed by atoms with Crippen molar-refractivity contribution in [2.45, 2.75) is 32.4 Å². The smallest absolute Gasteiger partial charge is 0.214 e. The van der Waals surface area contributed by atoms with Crippen LogP contribution in [0.25, 0.3) is 0 Å². The van der Waals surface area contributed by atoms with Crippen LogP contribution in [0.5, 0.6) is 5.75 Å². The highest BCUT2D eigenvalue weighted by Gasteiger charge is 2.27. The van der Waals surface area contributed by atoms with E-state index < -0.39 is 10.0 Å². The first-order chi connectivity index (χ1) is 13.5. The van der Waals surface area contributed by atoms with E-state index in [4.69, 9.17) is 9.47 Å². The number of aryl methyl sites for hydroxylation is 1. The normalized spacial score (nSPS) is 22.4. The Balaban J connectivity index is 1.51. The summed E-state index contributed by atoms with van der Waals surface area (Å²) in [7, 11) is -1.36. The van der Waals surface area contributed by atoms with Crippen molar-refractivity contribution in [1.82, 2.24) is 14.9 Å². The summed E-state index contributed by atoms with van der Waals surface area (Å²) in [6.07, 6.45) is 1.71. The first kappa shape index (κ1) is 20.9. The Morgan fingerprint density at radius 2 is 2.25 bits per heavy atom. The molecule has 1 unspecified atom stereocenters. The zero-order valence-corrected chi connectivity index (χ0v) is 17.4. The third-order valence-corrected chi connectivity index (χ3v) is 6.89. The SMILES string of the molecule is CN=C(NCCN1CCCS1(=O)=O)NCc1ccc(C)cc1OC1CCOC1. The molecule has 2 saturated heterocycles. The number of nitrogens with one attached hydrogen (secondary N) is 2. The lowest BCUT2D eigenvalue weighted by Gasteiger charge is -2.19. The highest BCUT2D eigenvalue weighted by atomic mass is 32.2. The van der Waals surface area contributed by atoms with Gasteiger partial charge >= 0.3 is 0 Å². The number of aliphatic imine (C=N–C) groups is 1. The van der Waals surface area contributed by atoms with Crippen LogP contribution in [0.2, 0.25) is 0 Å². The highest BCUT2D eigenvalue weighted by Crippen LogP contribution is 2.23. The van der Waals surface area contributed by atoms with Gasteiger partial charge in [-0.3, -0.25) is 4.99 Å². The van der Waals surface area contributed by atoms with Crippen LogP contribution < -0.4 is 15.4 Å². The van der Waals surface area contributed by atoms with Crippen molar-refractivity contribution >= 4 is 16.0 Å². The maximum Gasteiger partial charge on any atom is 0.214 e. The fraction of sp³-hybridized carbons (Fsp3) is 0.632. The molecule has 2 aliphatic rings. The van der Waals surface area contributed by atoms with E-state index in [1.807, 2.05) is 13.0 Å². The summed E-state index contributed by atoms with van der Waals surface area (Å²) in [4.78, 5) is 4.22. The predicted molar refractivity (Wildman–Crippen MR) is 109 cm³/mol. The zero-order valence-electron chi connectivity index (χ0n) is 16.6. The molecule has 0 amide bonds. The van der Waals surface area contributed by atoms with Crippen LogP contribution in [0.15, 0.2) is 23.2 Å². The number of benzene rings is 1. The molecule has 8 nitrogen and oxygen atoms in total. The third-order valence-electron chi connectivity index (χ3n) is 4.93. The van der Waals surface area contributed by atoms with E-state index in [1.165, 1.54) is 4.31 Å². The maximum atomic E-state index is 11.9. The van der Waals surface area contributed by atoms with E-state index in [2.05, 4.69) is 27.8 Å². The third kappa shape index (κ3) is 5.59. The Labute approximate surface area is 167 Å². The predicted octanol–water partition coefficient (Wildman–Crippen LogP) is 0.863. The summed E-state index contributed by atoms with van der Waals surface area (Å²) in [5, 5.41) is 6.46. The summed E-state index contributed by atoms with van der Waals surface area (Å²) in [5.41, 5.74) is 2.19. The molecule has 2 aliphatic heterocycles. The Bertz CT molecular complexity index is 791. The molecule has 0 spiro atoms. The number of rotatable bonds is 7. The van der Waals surface area contributed by atoms with Gasteiger partial charge < -0.3 is 20.1 Å². The van der Waals surface area contributed by atoms with Crippen molar-refractivity contribution in [3.63, 3.8) is 0 Å². The molecule has 2 fully saturated rings. The van der Waals surface area contributed by atoms with Gasteiger partial charge in [0.25, 0.3) is 0 Å². The largest absolute Gasteiger partial charge is 0.488 e. The lowest BCUT2D eigenvalue weighted by atomic mass is 10.1. The minimum absolute atomic E-state index is 0.0976. The van der Waals surface area contributed by atoms with Crippen molar-refractivity contribution in [3.8, 4) is 5.75 Å². The molecule has 9 heteroatoms. The van der Waals surface area contributed by atoms with Gasteiger partial charge in [0.2, 0.25) is 10.0 Å². The van der Waals surface area contributed by atoms with Gasteiger partial charge in [-0.2, -0.15) is 0 Å². The van der Waals surface area contributed by atoms with Gasteiger partial charge in [-0.05, 0) is 25.0 Å². The van der Waals surface area contributed by atoms with E-state index in [9.17, 15) is 8.42 Å². The van der Waals surface area contributed by atoms with Gasteiger partial charge in [-0.15, -0.1) is 0 Å². The molecule has 0 bridgehead atoms. The fourth-order valence-corrected chi connectivity index (χ4v) is 4.87. The molecule has 2 heterocycles. The van der Waals surface area contributed by atoms with Crippen LogP contribution in [-0.4, -0.2) is 70.4 Å². The lowest BCUT2D eigenvalue weighted by Crippen LogP contribution is -2.41. The van der Waals surface area contributed by atoms with E-state index >= 15 is 0 Å². The van der Waals surface area contributed by atoms with E-state index in [0.29, 0.717) is 45.2 Å². The standard InChI is InChI=1S/C19H30N4O4S/c1-15-4-5-16(18(12-15)27-17-6-10-26-14-17)13-22-19(20-2)21-7-9-23-8-3-11-28(23,24)25/h4-5,12,17H,3,6-11,13-14H2,1-2H3,(H2,20,21,22). The first-order valence-electron chi connectivity index (χ1n) is 9.74. The van der Waals surface area contributed by atoms with E-state index in [-0.39, 0.29) is 11.9 Å². The lowest BCUT2D eigenvalue weighted by molar-refractivity contribution is 0.140. The van der Waals surface area contributed by atoms with Crippen LogP contribution in [0.3, 0.4) is 0 Å². The molecule has 156 valence electrons. The molecule has 0 aromatic heterocycles. The summed E-state index contributed by atoms with van der Waals surface area (Å²) in [5.74, 6) is 1.75. The molecule has 1 aromatic rings. The Morgan fingerprint density at radius 1 is 1.39 bits per heavy atom. The van der Waals surface area contributed by atoms with Crippen molar-refractivity contribution in [1.29, 1.82) is 0 Å². The molecular formula is C19H30N4O4S. The van der Waals surface area contributed by atoms with Crippen LogP contribution in [0, 0.1) is 6.92 Å². The van der Waals surface area contributed by atoms with Gasteiger partial charge in [0.15, 0.2) is 5.96 Å². The average molecular weight is 411 g/mol. The van der Waals surface area contributed by atoms with E-state index in [1.54, 1.807) is 7.05 Å². The average Bonchev–Trinajstić information content (AvgIpc) is 3.28. The number of hydrogen-bond donors (Lipinski definition) is 2. The van der Waals surface area contributed by atoms with E-state index in [0.717, 1.165) is 29.9 Å². The number of guanidine groups is 1. The van der Waals surface area contributed by atoms with Crippen LogP contribution in [-0.2, 0) is 21.3 Å². The van der Waals surface area contributed by atoms with Gasteiger partial charge in [0, 0.05) is 45.2 Å². The first-order valence-corrected chi connectivity index (χ1v) is 11.3. The Morgan fingerprint density at radius 3 is 2.93 bits per heavy atom. The molecule has 0 aliphatic carbocycles. The molecular weight excluding hydrogens is 380 g/mol. The second-order valence-corrected chi connectivity index (χ2v) is 9.22. The van der Waals surface area contributed by atoms with Crippen molar-refractivity contribution < 1.29 is 17.9 Å². The summed E-state index contributed by atoms with van der Waals surface area (Å²) in [6, 6.07) is 6.16. The van der Waals surface area contributed by atoms with Crippen molar-refractivity contribution in [3.05, 3.63) is 29.3 Å². The minimum atomic E-state index is -3.06. The molecule has 0 saturated carbocycles. The van der Waals surface area contributed by atoms with Gasteiger partial charge in [-0.25, -0.2) is 12.7 Å². The zero-order chi connectivity index (χ0) is 20.0. The topological polar surface area (TPSA) is 92.3 Å². The van der Waals surface area contributed by atoms with Crippen molar-refractivity contribution in [2.24, 2.45) is 4.99 Å². The Hall–Kier alpha value is -1.84. The van der Waals surface area contributed by atoms with Crippen LogP contribution in [0.1, 0.15) is 24.0 Å². The second kappa shape index (κ2) is 9.58. The fourth-order valence-electron chi connectivity index (χ4n) is 3.34. The van der Waals surface area contributed by atoms with Crippen LogP contribution in [0.4, 0.5) is 0 Å². The molecule has 1 atom stereocenters. The highest BCUT2D eigenvalue weighted by molar-refractivity contribution is 7.89. The number of hydrogen-bond acceptors (Lipinski definition) is 5. The number of sulfonamides is 1. The summed E-state index contributed by atoms with van der Waals surface area (Å²) >= 11 is 0. The second-order valence-electron chi connectivity index (χ2n) is 7.14. The number of nitrogens with zero attached hydrogens (tertiary/aromatic N) is 2. The summed E-state index contributed by atoms with van der Waals surface area (Å²) < 4.78 is 36.8. The molecule has 0 radical (unpaired) electrons. The summed E-state index contributed by atoms with van der Waals surface area (Å²) in [6.45, 7) is 5.54. The minimum Gasteiger partial charge on any atom is -0.488 e. The molecule has 28 heavy (non-hydrogen) atoms. The van der Waals surface area contributed by atoms with Crippen molar-refractivity contribution in [2.75, 3.05) is 45.6 Å². The Kier molecular flexibility index (Phi) is 7.14. The molecule has 3 rings (SSSR count). The van der Waals surface area contributed by atoms with Gasteiger partial charge in [-0.1, -0.05) is 12.1 Å². The molecule has 1 aromatic carbocycles. The van der Waals surface area contributed by atoms with Gasteiger partial charge in [0.05, 0.1) is 19.0 Å². The monoisotopic (exact) mass is 410 g/mol.